The molecule has 3 rings (SSSR count). The van der Waals surface area contributed by atoms with Crippen LogP contribution in [0, 0.1) is 0 Å². The van der Waals surface area contributed by atoms with Crippen molar-refractivity contribution in [2.45, 2.75) is 17.6 Å². The van der Waals surface area contributed by atoms with Crippen LogP contribution >= 0.6 is 11.6 Å². The van der Waals surface area contributed by atoms with E-state index in [9.17, 15) is 21.6 Å². The van der Waals surface area contributed by atoms with Crippen molar-refractivity contribution in [1.82, 2.24) is 9.97 Å². The molecule has 0 bridgehead atoms. The van der Waals surface area contributed by atoms with Crippen LogP contribution in [0.25, 0.3) is 11.3 Å². The van der Waals surface area contributed by atoms with Gasteiger partial charge in [-0.25, -0.2) is 18.4 Å². The maximum absolute atomic E-state index is 13.3. The molecule has 0 radical (unpaired) electrons. The van der Waals surface area contributed by atoms with Gasteiger partial charge in [-0.1, -0.05) is 35.9 Å². The topological polar surface area (TPSA) is 72.0 Å². The van der Waals surface area contributed by atoms with Gasteiger partial charge in [-0.15, -0.1) is 0 Å². The Morgan fingerprint density at radius 1 is 1.00 bits per heavy atom. The lowest BCUT2D eigenvalue weighted by molar-refractivity contribution is -0.141. The number of aromatic nitrogens is 2. The Labute approximate surface area is 170 Å². The van der Waals surface area contributed by atoms with Crippen molar-refractivity contribution < 1.29 is 21.6 Å². The summed E-state index contributed by atoms with van der Waals surface area (Å²) in [5.74, 6) is -0.197. The Morgan fingerprint density at radius 2 is 1.62 bits per heavy atom. The summed E-state index contributed by atoms with van der Waals surface area (Å²) in [5, 5.41) is 3.32. The Balaban J connectivity index is 1.94. The van der Waals surface area contributed by atoms with Crippen LogP contribution < -0.4 is 5.32 Å². The van der Waals surface area contributed by atoms with Crippen molar-refractivity contribution >= 4 is 27.4 Å². The molecule has 0 aliphatic carbocycles. The van der Waals surface area contributed by atoms with Gasteiger partial charge in [0.2, 0.25) is 5.95 Å². The quantitative estimate of drug-likeness (QED) is 0.614. The van der Waals surface area contributed by atoms with E-state index in [2.05, 4.69) is 15.3 Å². The first-order valence-corrected chi connectivity index (χ1v) is 10.5. The van der Waals surface area contributed by atoms with E-state index < -0.39 is 21.7 Å². The molecule has 0 saturated carbocycles. The standard InChI is InChI=1S/C19H15ClF3N3O2S/c1-29(27,28)15-8-4-13(5-9-15)16-10-17(19(21,22)23)26-18(25-16)24-11-12-2-6-14(20)7-3-12/h2-10H,11H2,1H3,(H,24,25,26). The highest BCUT2D eigenvalue weighted by Gasteiger charge is 2.33. The van der Waals surface area contributed by atoms with Crippen LogP contribution in [0.3, 0.4) is 0 Å². The second-order valence-electron chi connectivity index (χ2n) is 6.24. The highest BCUT2D eigenvalue weighted by atomic mass is 35.5. The van der Waals surface area contributed by atoms with Crippen molar-refractivity contribution in [3.8, 4) is 11.3 Å². The normalized spacial score (nSPS) is 12.0. The zero-order valence-electron chi connectivity index (χ0n) is 15.0. The van der Waals surface area contributed by atoms with Crippen LogP contribution in [0.1, 0.15) is 11.3 Å². The van der Waals surface area contributed by atoms with Gasteiger partial charge in [0.05, 0.1) is 10.6 Å². The highest BCUT2D eigenvalue weighted by molar-refractivity contribution is 7.90. The molecule has 2 aromatic carbocycles. The summed E-state index contributed by atoms with van der Waals surface area (Å²) in [7, 11) is -3.42. The minimum atomic E-state index is -4.67. The molecule has 0 saturated heterocycles. The van der Waals surface area contributed by atoms with Gasteiger partial charge in [0, 0.05) is 23.4 Å². The third-order valence-electron chi connectivity index (χ3n) is 3.96. The van der Waals surface area contributed by atoms with Gasteiger partial charge >= 0.3 is 6.18 Å². The SMILES string of the molecule is CS(=O)(=O)c1ccc(-c2cc(C(F)(F)F)nc(NCc3ccc(Cl)cc3)n2)cc1. The van der Waals surface area contributed by atoms with Gasteiger partial charge in [0.15, 0.2) is 15.5 Å². The number of benzene rings is 2. The summed E-state index contributed by atoms with van der Waals surface area (Å²) < 4.78 is 63.0. The van der Waals surface area contributed by atoms with E-state index in [1.807, 2.05) is 0 Å². The summed E-state index contributed by atoms with van der Waals surface area (Å²) in [5.41, 5.74) is 0.0357. The number of anilines is 1. The second kappa shape index (κ2) is 8.00. The fourth-order valence-corrected chi connectivity index (χ4v) is 3.23. The molecule has 0 fully saturated rings. The van der Waals surface area contributed by atoms with Gasteiger partial charge in [0.1, 0.15) is 0 Å². The van der Waals surface area contributed by atoms with Gasteiger partial charge in [-0.3, -0.25) is 0 Å². The van der Waals surface area contributed by atoms with Crippen molar-refractivity contribution in [2.24, 2.45) is 0 Å². The zero-order valence-corrected chi connectivity index (χ0v) is 16.6. The molecule has 0 unspecified atom stereocenters. The van der Waals surface area contributed by atoms with Crippen molar-refractivity contribution in [1.29, 1.82) is 0 Å². The molecule has 1 aromatic heterocycles. The predicted molar refractivity (Wildman–Crippen MR) is 104 cm³/mol. The third kappa shape index (κ3) is 5.45. The van der Waals surface area contributed by atoms with Crippen molar-refractivity contribution in [2.75, 3.05) is 11.6 Å². The van der Waals surface area contributed by atoms with Gasteiger partial charge in [-0.05, 0) is 35.9 Å². The minimum absolute atomic E-state index is 0.0194. The molecule has 1 N–H and O–H groups in total. The van der Waals surface area contributed by atoms with Crippen molar-refractivity contribution in [3.05, 3.63) is 70.9 Å². The molecule has 0 aliphatic rings. The molecule has 0 amide bonds. The summed E-state index contributed by atoms with van der Waals surface area (Å²) in [4.78, 5) is 7.76. The maximum atomic E-state index is 13.3. The van der Waals surface area contributed by atoms with Gasteiger partial charge in [-0.2, -0.15) is 13.2 Å². The Hall–Kier alpha value is -2.65. The van der Waals surface area contributed by atoms with E-state index in [1.54, 1.807) is 24.3 Å². The summed E-state index contributed by atoms with van der Waals surface area (Å²) in [6.45, 7) is 0.199. The predicted octanol–water partition coefficient (Wildman–Crippen LogP) is 4.83. The van der Waals surface area contributed by atoms with Gasteiger partial charge < -0.3 is 5.32 Å². The third-order valence-corrected chi connectivity index (χ3v) is 5.34. The molecule has 3 aromatic rings. The number of halogens is 4. The zero-order chi connectivity index (χ0) is 21.2. The van der Waals surface area contributed by atoms with Crippen molar-refractivity contribution in [3.63, 3.8) is 0 Å². The molecular formula is C19H15ClF3N3O2S. The largest absolute Gasteiger partial charge is 0.433 e. The molecule has 5 nitrogen and oxygen atoms in total. The van der Waals surface area contributed by atoms with E-state index >= 15 is 0 Å². The van der Waals surface area contributed by atoms with E-state index in [-0.39, 0.29) is 23.1 Å². The average molecular weight is 442 g/mol. The van der Waals surface area contributed by atoms with E-state index in [4.69, 9.17) is 11.6 Å². The molecule has 152 valence electrons. The molecule has 0 spiro atoms. The van der Waals surface area contributed by atoms with E-state index in [0.717, 1.165) is 17.9 Å². The average Bonchev–Trinajstić information content (AvgIpc) is 2.66. The smallest absolute Gasteiger partial charge is 0.350 e. The number of alkyl halides is 3. The van der Waals surface area contributed by atoms with Crippen LogP contribution in [-0.4, -0.2) is 24.6 Å². The fraction of sp³-hybridized carbons (Fsp3) is 0.158. The van der Waals surface area contributed by atoms with E-state index in [1.165, 1.54) is 24.3 Å². The second-order valence-corrected chi connectivity index (χ2v) is 8.69. The highest BCUT2D eigenvalue weighted by Crippen LogP contribution is 2.31. The van der Waals surface area contributed by atoms with Crippen LogP contribution in [0.2, 0.25) is 5.02 Å². The molecule has 0 aliphatic heterocycles. The first kappa shape index (κ1) is 21.1. The summed E-state index contributed by atoms with van der Waals surface area (Å²) in [6, 6.07) is 13.1. The lowest BCUT2D eigenvalue weighted by Crippen LogP contribution is -2.12. The van der Waals surface area contributed by atoms with Gasteiger partial charge in [0.25, 0.3) is 0 Å². The summed E-state index contributed by atoms with van der Waals surface area (Å²) in [6.07, 6.45) is -3.62. The number of nitrogens with one attached hydrogen (secondary N) is 1. The molecule has 0 atom stereocenters. The molecule has 10 heteroatoms. The number of hydrogen-bond donors (Lipinski definition) is 1. The number of hydrogen-bond acceptors (Lipinski definition) is 5. The Kier molecular flexibility index (Phi) is 5.81. The maximum Gasteiger partial charge on any atom is 0.433 e. The lowest BCUT2D eigenvalue weighted by atomic mass is 10.1. The minimum Gasteiger partial charge on any atom is -0.350 e. The number of rotatable bonds is 5. The molecular weight excluding hydrogens is 427 g/mol. The molecule has 29 heavy (non-hydrogen) atoms. The fourth-order valence-electron chi connectivity index (χ4n) is 2.48. The Morgan fingerprint density at radius 3 is 2.17 bits per heavy atom. The molecule has 1 heterocycles. The van der Waals surface area contributed by atoms with E-state index in [0.29, 0.717) is 10.6 Å². The first-order chi connectivity index (χ1) is 13.5. The Bertz CT molecular complexity index is 1120. The summed E-state index contributed by atoms with van der Waals surface area (Å²) >= 11 is 5.82. The van der Waals surface area contributed by atoms with Crippen LogP contribution in [-0.2, 0) is 22.6 Å². The van der Waals surface area contributed by atoms with Crippen LogP contribution in [0.15, 0.2) is 59.5 Å². The monoisotopic (exact) mass is 441 g/mol. The first-order valence-electron chi connectivity index (χ1n) is 8.27. The lowest BCUT2D eigenvalue weighted by Gasteiger charge is -2.12. The number of nitrogens with zero attached hydrogens (tertiary/aromatic N) is 2. The van der Waals surface area contributed by atoms with Crippen LogP contribution in [0.5, 0.6) is 0 Å². The van der Waals surface area contributed by atoms with Crippen LogP contribution in [0.4, 0.5) is 19.1 Å². The number of sulfone groups is 1.